The first kappa shape index (κ1) is 20.2. The Bertz CT molecular complexity index is 137. The highest BCUT2D eigenvalue weighted by Gasteiger charge is 2.08. The molecule has 1 N–H and O–H groups in total. The van der Waals surface area contributed by atoms with Crippen molar-refractivity contribution in [3.05, 3.63) is 0 Å². The molecule has 112 valence electrons. The van der Waals surface area contributed by atoms with Crippen LogP contribution >= 0.6 is 0 Å². The van der Waals surface area contributed by atoms with Gasteiger partial charge in [-0.2, -0.15) is 0 Å². The Balaban J connectivity index is 0. The fourth-order valence-electron chi connectivity index (χ4n) is 1.30. The van der Waals surface area contributed by atoms with Gasteiger partial charge in [0, 0.05) is 13.1 Å². The maximum absolute atomic E-state index is 5.25. The minimum absolute atomic E-state index is 0.916. The predicted molar refractivity (Wildman–Crippen MR) is 81.4 cm³/mol. The quantitative estimate of drug-likeness (QED) is 0.760. The highest BCUT2D eigenvalue weighted by molar-refractivity contribution is 4.61. The summed E-state index contributed by atoms with van der Waals surface area (Å²) in [4.78, 5) is 4.58. The Morgan fingerprint density at radius 1 is 1.17 bits per heavy atom. The van der Waals surface area contributed by atoms with Gasteiger partial charge < -0.3 is 15.0 Å². The van der Waals surface area contributed by atoms with Gasteiger partial charge in [0.25, 0.3) is 0 Å². The third kappa shape index (κ3) is 15.8. The zero-order valence-electron chi connectivity index (χ0n) is 13.5. The van der Waals surface area contributed by atoms with E-state index in [-0.39, 0.29) is 0 Å². The van der Waals surface area contributed by atoms with Crippen molar-refractivity contribution in [1.29, 1.82) is 0 Å². The smallest absolute Gasteiger partial charge is 0.0594 e. The Kier molecular flexibility index (Phi) is 18.9. The van der Waals surface area contributed by atoms with Gasteiger partial charge in [0.1, 0.15) is 0 Å². The first-order chi connectivity index (χ1) is 8.70. The Morgan fingerprint density at radius 2 is 1.67 bits per heavy atom. The van der Waals surface area contributed by atoms with Gasteiger partial charge >= 0.3 is 0 Å². The van der Waals surface area contributed by atoms with Gasteiger partial charge in [0.15, 0.2) is 0 Å². The second-order valence-electron chi connectivity index (χ2n) is 4.31. The lowest BCUT2D eigenvalue weighted by Gasteiger charge is -2.26. The molecular weight excluding hydrogens is 226 g/mol. The average Bonchev–Trinajstić information content (AvgIpc) is 2.43. The number of morpholine rings is 1. The van der Waals surface area contributed by atoms with Crippen LogP contribution in [0, 0.1) is 0 Å². The molecule has 0 saturated carbocycles. The van der Waals surface area contributed by atoms with Crippen LogP contribution < -0.4 is 5.32 Å². The lowest BCUT2D eigenvalue weighted by molar-refractivity contribution is 0.0375. The molecule has 1 aliphatic rings. The average molecular weight is 261 g/mol. The topological polar surface area (TPSA) is 27.7 Å². The van der Waals surface area contributed by atoms with E-state index < -0.39 is 0 Å². The summed E-state index contributed by atoms with van der Waals surface area (Å²) in [5, 5.41) is 3.15. The van der Waals surface area contributed by atoms with Crippen molar-refractivity contribution >= 4 is 0 Å². The molecule has 0 radical (unpaired) electrons. The Labute approximate surface area is 115 Å². The van der Waals surface area contributed by atoms with Crippen LogP contribution in [0.5, 0.6) is 0 Å². The first-order valence-corrected chi connectivity index (χ1v) is 7.30. The molecule has 1 aliphatic heterocycles. The van der Waals surface area contributed by atoms with Crippen molar-refractivity contribution in [1.82, 2.24) is 15.1 Å². The molecular formula is C14H35N3O. The van der Waals surface area contributed by atoms with Crippen molar-refractivity contribution in [2.24, 2.45) is 0 Å². The molecule has 0 unspecified atom stereocenters. The molecule has 0 spiro atoms. The number of hydrogen-bond acceptors (Lipinski definition) is 4. The highest BCUT2D eigenvalue weighted by Crippen LogP contribution is 1.96. The van der Waals surface area contributed by atoms with Crippen LogP contribution in [0.4, 0.5) is 0 Å². The summed E-state index contributed by atoms with van der Waals surface area (Å²) in [5.74, 6) is 0. The molecule has 4 nitrogen and oxygen atoms in total. The van der Waals surface area contributed by atoms with E-state index >= 15 is 0 Å². The van der Waals surface area contributed by atoms with Crippen LogP contribution in [-0.4, -0.2) is 76.9 Å². The third-order valence-electron chi connectivity index (χ3n) is 2.64. The first-order valence-electron chi connectivity index (χ1n) is 7.30. The molecule has 1 heterocycles. The van der Waals surface area contributed by atoms with E-state index in [4.69, 9.17) is 4.74 Å². The Hall–Kier alpha value is -0.160. The largest absolute Gasteiger partial charge is 0.379 e. The van der Waals surface area contributed by atoms with Crippen LogP contribution in [0.25, 0.3) is 0 Å². The maximum Gasteiger partial charge on any atom is 0.0594 e. The molecule has 0 aromatic carbocycles. The van der Waals surface area contributed by atoms with E-state index in [1.807, 2.05) is 20.9 Å². The second-order valence-corrected chi connectivity index (χ2v) is 4.31. The van der Waals surface area contributed by atoms with Gasteiger partial charge in [-0.15, -0.1) is 0 Å². The summed E-state index contributed by atoms with van der Waals surface area (Å²) >= 11 is 0. The minimum Gasteiger partial charge on any atom is -0.379 e. The lowest BCUT2D eigenvalue weighted by atomic mass is 10.3. The molecule has 0 aromatic heterocycles. The fourth-order valence-corrected chi connectivity index (χ4v) is 1.30. The molecule has 1 fully saturated rings. The van der Waals surface area contributed by atoms with Gasteiger partial charge in [-0.05, 0) is 47.2 Å². The van der Waals surface area contributed by atoms with Crippen molar-refractivity contribution in [3.8, 4) is 0 Å². The third-order valence-corrected chi connectivity index (χ3v) is 2.64. The van der Waals surface area contributed by atoms with Crippen LogP contribution in [0.15, 0.2) is 0 Å². The number of hydrogen-bond donors (Lipinski definition) is 1. The van der Waals surface area contributed by atoms with Crippen LogP contribution in [-0.2, 0) is 4.74 Å². The number of nitrogens with zero attached hydrogens (tertiary/aromatic N) is 2. The number of nitrogens with one attached hydrogen (secondary N) is 1. The lowest BCUT2D eigenvalue weighted by Crippen LogP contribution is -2.37. The standard InChI is InChI=1S/C8H18N2O.C4H11N.C2H6/c1-9-3-2-4-10-5-7-11-8-6-10;1-4-5(2)3;1-2/h9H,2-8H2,1H3;4H2,1-3H3;1-2H3. The van der Waals surface area contributed by atoms with E-state index in [1.54, 1.807) is 0 Å². The summed E-state index contributed by atoms with van der Waals surface area (Å²) in [6.07, 6.45) is 1.25. The molecule has 0 bridgehead atoms. The summed E-state index contributed by atoms with van der Waals surface area (Å²) in [5.41, 5.74) is 0. The van der Waals surface area contributed by atoms with E-state index in [9.17, 15) is 0 Å². The monoisotopic (exact) mass is 261 g/mol. The van der Waals surface area contributed by atoms with Crippen LogP contribution in [0.1, 0.15) is 27.2 Å². The van der Waals surface area contributed by atoms with Gasteiger partial charge in [0.05, 0.1) is 13.2 Å². The minimum atomic E-state index is 0.916. The highest BCUT2D eigenvalue weighted by atomic mass is 16.5. The zero-order valence-corrected chi connectivity index (χ0v) is 13.5. The van der Waals surface area contributed by atoms with Gasteiger partial charge in [0.2, 0.25) is 0 Å². The molecule has 1 saturated heterocycles. The summed E-state index contributed by atoms with van der Waals surface area (Å²) < 4.78 is 5.25. The maximum atomic E-state index is 5.25. The molecule has 1 rings (SSSR count). The van der Waals surface area contributed by atoms with Crippen molar-refractivity contribution < 1.29 is 4.74 Å². The predicted octanol–water partition coefficient (Wildman–Crippen LogP) is 1.52. The number of rotatable bonds is 5. The van der Waals surface area contributed by atoms with E-state index in [0.717, 1.165) is 39.4 Å². The fraction of sp³-hybridized carbons (Fsp3) is 1.00. The normalized spacial score (nSPS) is 15.5. The van der Waals surface area contributed by atoms with Crippen LogP contribution in [0.2, 0.25) is 0 Å². The Morgan fingerprint density at radius 3 is 2.06 bits per heavy atom. The van der Waals surface area contributed by atoms with Gasteiger partial charge in [-0.3, -0.25) is 4.90 Å². The summed E-state index contributed by atoms with van der Waals surface area (Å²) in [7, 11) is 6.11. The van der Waals surface area contributed by atoms with E-state index in [2.05, 4.69) is 36.1 Å². The molecule has 0 aromatic rings. The molecule has 18 heavy (non-hydrogen) atoms. The summed E-state index contributed by atoms with van der Waals surface area (Å²) in [6.45, 7) is 13.7. The van der Waals surface area contributed by atoms with Crippen molar-refractivity contribution in [2.45, 2.75) is 27.2 Å². The van der Waals surface area contributed by atoms with Gasteiger partial charge in [-0.25, -0.2) is 0 Å². The van der Waals surface area contributed by atoms with E-state index in [1.165, 1.54) is 13.0 Å². The zero-order chi connectivity index (χ0) is 14.2. The SMILES string of the molecule is CC.CCN(C)C.CNCCCN1CCOCC1. The molecule has 0 aliphatic carbocycles. The van der Waals surface area contributed by atoms with Gasteiger partial charge in [-0.1, -0.05) is 20.8 Å². The second kappa shape index (κ2) is 16.8. The van der Waals surface area contributed by atoms with E-state index in [0.29, 0.717) is 0 Å². The number of ether oxygens (including phenoxy) is 1. The van der Waals surface area contributed by atoms with Crippen LogP contribution in [0.3, 0.4) is 0 Å². The summed E-state index contributed by atoms with van der Waals surface area (Å²) in [6, 6.07) is 0. The molecule has 0 amide bonds. The van der Waals surface area contributed by atoms with Crippen molar-refractivity contribution in [2.75, 3.05) is 67.1 Å². The molecule has 4 heteroatoms. The molecule has 0 atom stereocenters. The van der Waals surface area contributed by atoms with Crippen molar-refractivity contribution in [3.63, 3.8) is 0 Å².